The Balaban J connectivity index is 1.82. The van der Waals surface area contributed by atoms with Gasteiger partial charge in [0.05, 0.1) is 6.61 Å². The molecular formula is C16H21NO4. The van der Waals surface area contributed by atoms with Crippen molar-refractivity contribution in [1.82, 2.24) is 5.32 Å². The molecule has 1 aliphatic heterocycles. The normalized spacial score (nSPS) is 18.2. The predicted molar refractivity (Wildman–Crippen MR) is 78.1 cm³/mol. The Morgan fingerprint density at radius 2 is 2.00 bits per heavy atom. The maximum Gasteiger partial charge on any atom is 0.328 e. The molecule has 0 unspecified atom stereocenters. The van der Waals surface area contributed by atoms with E-state index in [4.69, 9.17) is 9.47 Å². The molecule has 0 saturated carbocycles. The van der Waals surface area contributed by atoms with E-state index < -0.39 is 6.04 Å². The van der Waals surface area contributed by atoms with Crippen molar-refractivity contribution in [2.75, 3.05) is 13.2 Å². The Bertz CT molecular complexity index is 516. The largest absolute Gasteiger partial charge is 0.484 e. The van der Waals surface area contributed by atoms with Gasteiger partial charge in [-0.15, -0.1) is 0 Å². The topological polar surface area (TPSA) is 64.6 Å². The van der Waals surface area contributed by atoms with E-state index in [1.54, 1.807) is 0 Å². The number of hydrogen-bond acceptors (Lipinski definition) is 4. The molecule has 5 heteroatoms. The summed E-state index contributed by atoms with van der Waals surface area (Å²) >= 11 is 0. The molecule has 2 rings (SSSR count). The highest BCUT2D eigenvalue weighted by Gasteiger charge is 2.27. The molecule has 0 radical (unpaired) electrons. The molecule has 1 atom stereocenters. The van der Waals surface area contributed by atoms with Gasteiger partial charge >= 0.3 is 5.97 Å². The third-order valence-corrected chi connectivity index (χ3v) is 3.36. The molecule has 5 nitrogen and oxygen atoms in total. The van der Waals surface area contributed by atoms with Crippen LogP contribution in [-0.2, 0) is 19.7 Å². The number of hydrogen-bond donors (Lipinski definition) is 1. The zero-order valence-electron chi connectivity index (χ0n) is 12.6. The van der Waals surface area contributed by atoms with E-state index in [1.807, 2.05) is 24.3 Å². The first-order valence-corrected chi connectivity index (χ1v) is 7.05. The number of cyclic esters (lactones) is 1. The molecular weight excluding hydrogens is 270 g/mol. The Labute approximate surface area is 124 Å². The van der Waals surface area contributed by atoms with Crippen LogP contribution in [0.4, 0.5) is 0 Å². The zero-order chi connectivity index (χ0) is 15.5. The quantitative estimate of drug-likeness (QED) is 0.859. The van der Waals surface area contributed by atoms with Crippen molar-refractivity contribution in [2.45, 2.75) is 38.6 Å². The van der Waals surface area contributed by atoms with Crippen LogP contribution in [0.3, 0.4) is 0 Å². The fourth-order valence-electron chi connectivity index (χ4n) is 2.06. The number of ether oxygens (including phenoxy) is 2. The van der Waals surface area contributed by atoms with Crippen molar-refractivity contribution in [3.8, 4) is 5.75 Å². The van der Waals surface area contributed by atoms with Crippen molar-refractivity contribution >= 4 is 11.9 Å². The van der Waals surface area contributed by atoms with Gasteiger partial charge in [-0.3, -0.25) is 4.79 Å². The van der Waals surface area contributed by atoms with Gasteiger partial charge in [0.1, 0.15) is 11.8 Å². The molecule has 0 aliphatic carbocycles. The minimum Gasteiger partial charge on any atom is -0.484 e. The van der Waals surface area contributed by atoms with E-state index in [9.17, 15) is 9.59 Å². The summed E-state index contributed by atoms with van der Waals surface area (Å²) in [7, 11) is 0. The molecule has 1 heterocycles. The van der Waals surface area contributed by atoms with E-state index in [1.165, 1.54) is 5.56 Å². The fraction of sp³-hybridized carbons (Fsp3) is 0.500. The second kappa shape index (κ2) is 6.16. The van der Waals surface area contributed by atoms with Crippen LogP contribution in [0.25, 0.3) is 0 Å². The summed E-state index contributed by atoms with van der Waals surface area (Å²) in [5.41, 5.74) is 1.28. The van der Waals surface area contributed by atoms with Gasteiger partial charge < -0.3 is 14.8 Å². The maximum atomic E-state index is 11.7. The number of rotatable bonds is 4. The van der Waals surface area contributed by atoms with Crippen LogP contribution in [0.1, 0.15) is 32.8 Å². The molecule has 0 aromatic heterocycles. The molecule has 21 heavy (non-hydrogen) atoms. The fourth-order valence-corrected chi connectivity index (χ4v) is 2.06. The van der Waals surface area contributed by atoms with Gasteiger partial charge in [0, 0.05) is 6.42 Å². The highest BCUT2D eigenvalue weighted by atomic mass is 16.5. The Kier molecular flexibility index (Phi) is 4.50. The van der Waals surface area contributed by atoms with Crippen molar-refractivity contribution in [3.05, 3.63) is 29.8 Å². The van der Waals surface area contributed by atoms with Gasteiger partial charge in [0.15, 0.2) is 6.61 Å². The summed E-state index contributed by atoms with van der Waals surface area (Å²) < 4.78 is 10.2. The second-order valence-corrected chi connectivity index (χ2v) is 6.14. The van der Waals surface area contributed by atoms with Gasteiger partial charge in [0.25, 0.3) is 5.91 Å². The highest BCUT2D eigenvalue weighted by Crippen LogP contribution is 2.24. The lowest BCUT2D eigenvalue weighted by Gasteiger charge is -2.19. The SMILES string of the molecule is CC(C)(C)c1ccc(OCC(=O)N[C@@H]2CCOC2=O)cc1. The van der Waals surface area contributed by atoms with E-state index in [0.717, 1.165) is 0 Å². The molecule has 0 bridgehead atoms. The van der Waals surface area contributed by atoms with Gasteiger partial charge in [-0.25, -0.2) is 4.79 Å². The Morgan fingerprint density at radius 1 is 1.33 bits per heavy atom. The van der Waals surface area contributed by atoms with Crippen molar-refractivity contribution in [3.63, 3.8) is 0 Å². The zero-order valence-corrected chi connectivity index (χ0v) is 12.6. The molecule has 1 saturated heterocycles. The Morgan fingerprint density at radius 3 is 2.52 bits per heavy atom. The maximum absolute atomic E-state index is 11.7. The highest BCUT2D eigenvalue weighted by molar-refractivity contribution is 5.86. The first kappa shape index (κ1) is 15.4. The number of carbonyl (C=O) groups is 2. The molecule has 1 aliphatic rings. The van der Waals surface area contributed by atoms with Gasteiger partial charge in [0.2, 0.25) is 0 Å². The van der Waals surface area contributed by atoms with E-state index >= 15 is 0 Å². The first-order valence-electron chi connectivity index (χ1n) is 7.05. The monoisotopic (exact) mass is 291 g/mol. The number of nitrogens with one attached hydrogen (secondary N) is 1. The summed E-state index contributed by atoms with van der Waals surface area (Å²) in [6.45, 7) is 6.66. The molecule has 114 valence electrons. The van der Waals surface area contributed by atoms with Crippen LogP contribution in [0.5, 0.6) is 5.75 Å². The molecule has 1 aromatic rings. The van der Waals surface area contributed by atoms with Gasteiger partial charge in [-0.1, -0.05) is 32.9 Å². The van der Waals surface area contributed by atoms with E-state index in [-0.39, 0.29) is 23.9 Å². The molecule has 1 N–H and O–H groups in total. The summed E-state index contributed by atoms with van der Waals surface area (Å²) in [6, 6.07) is 7.13. The summed E-state index contributed by atoms with van der Waals surface area (Å²) in [5, 5.41) is 2.60. The predicted octanol–water partition coefficient (Wildman–Crippen LogP) is 1.79. The van der Waals surface area contributed by atoms with Crippen LogP contribution >= 0.6 is 0 Å². The number of carbonyl (C=O) groups excluding carboxylic acids is 2. The number of amides is 1. The number of benzene rings is 1. The van der Waals surface area contributed by atoms with Crippen molar-refractivity contribution in [1.29, 1.82) is 0 Å². The Hall–Kier alpha value is -2.04. The third-order valence-electron chi connectivity index (χ3n) is 3.36. The summed E-state index contributed by atoms with van der Waals surface area (Å²) in [4.78, 5) is 22.9. The van der Waals surface area contributed by atoms with Crippen molar-refractivity contribution < 1.29 is 19.1 Å². The molecule has 0 spiro atoms. The van der Waals surface area contributed by atoms with Gasteiger partial charge in [-0.05, 0) is 23.1 Å². The van der Waals surface area contributed by atoms with Crippen LogP contribution in [-0.4, -0.2) is 31.1 Å². The lowest BCUT2D eigenvalue weighted by atomic mass is 9.87. The minimum atomic E-state index is -0.538. The third kappa shape index (κ3) is 4.21. The van der Waals surface area contributed by atoms with Gasteiger partial charge in [-0.2, -0.15) is 0 Å². The summed E-state index contributed by atoms with van der Waals surface area (Å²) in [6.07, 6.45) is 0.519. The molecule has 1 aromatic carbocycles. The standard InChI is InChI=1S/C16H21NO4/c1-16(2,3)11-4-6-12(7-5-11)21-10-14(18)17-13-8-9-20-15(13)19/h4-7,13H,8-10H2,1-3H3,(H,17,18)/t13-/m1/s1. The van der Waals surface area contributed by atoms with E-state index in [0.29, 0.717) is 18.8 Å². The van der Waals surface area contributed by atoms with Crippen LogP contribution in [0, 0.1) is 0 Å². The smallest absolute Gasteiger partial charge is 0.328 e. The molecule has 1 fully saturated rings. The lowest BCUT2D eigenvalue weighted by molar-refractivity contribution is -0.141. The second-order valence-electron chi connectivity index (χ2n) is 6.14. The van der Waals surface area contributed by atoms with Crippen LogP contribution < -0.4 is 10.1 Å². The average molecular weight is 291 g/mol. The average Bonchev–Trinajstić information content (AvgIpc) is 2.81. The minimum absolute atomic E-state index is 0.0821. The van der Waals surface area contributed by atoms with Crippen LogP contribution in [0.15, 0.2) is 24.3 Å². The van der Waals surface area contributed by atoms with Crippen LogP contribution in [0.2, 0.25) is 0 Å². The number of esters is 1. The molecule has 1 amide bonds. The lowest BCUT2D eigenvalue weighted by Crippen LogP contribution is -2.40. The van der Waals surface area contributed by atoms with Crippen molar-refractivity contribution in [2.24, 2.45) is 0 Å². The first-order chi connectivity index (χ1) is 9.86. The summed E-state index contributed by atoms with van der Waals surface area (Å²) in [5.74, 6) is -0.0659. The van der Waals surface area contributed by atoms with E-state index in [2.05, 4.69) is 26.1 Å².